The van der Waals surface area contributed by atoms with Crippen LogP contribution in [0.15, 0.2) is 11.6 Å². The molecule has 5 heteroatoms. The molecule has 2 heterocycles. The highest BCUT2D eigenvalue weighted by Crippen LogP contribution is 2.50. The molecular weight excluding hydrogens is 282 g/mol. The molecule has 2 rings (SSSR count). The lowest BCUT2D eigenvalue weighted by Crippen LogP contribution is -2.51. The van der Waals surface area contributed by atoms with Crippen molar-refractivity contribution in [3.8, 4) is 0 Å². The molecule has 2 amide bonds. The summed E-state index contributed by atoms with van der Waals surface area (Å²) in [5, 5.41) is 0. The molecule has 1 fully saturated rings. The first-order valence-electron chi connectivity index (χ1n) is 7.86. The van der Waals surface area contributed by atoms with E-state index < -0.39 is 17.1 Å². The number of nitrogens with zero attached hydrogens (tertiary/aromatic N) is 1. The molecule has 0 aromatic heterocycles. The van der Waals surface area contributed by atoms with Gasteiger partial charge in [-0.1, -0.05) is 19.9 Å². The van der Waals surface area contributed by atoms with E-state index in [1.165, 1.54) is 11.9 Å². The average Bonchev–Trinajstić information content (AvgIpc) is 2.71. The van der Waals surface area contributed by atoms with Gasteiger partial charge in [0.1, 0.15) is 0 Å². The molecule has 5 atom stereocenters. The van der Waals surface area contributed by atoms with Crippen molar-refractivity contribution in [3.63, 3.8) is 0 Å². The number of imide groups is 1. The van der Waals surface area contributed by atoms with Crippen LogP contribution in [0.25, 0.3) is 0 Å². The van der Waals surface area contributed by atoms with Gasteiger partial charge in [-0.2, -0.15) is 0 Å². The zero-order chi connectivity index (χ0) is 16.9. The van der Waals surface area contributed by atoms with Crippen LogP contribution in [0.1, 0.15) is 41.0 Å². The summed E-state index contributed by atoms with van der Waals surface area (Å²) in [7, 11) is 3.22. The second-order valence-corrected chi connectivity index (χ2v) is 6.84. The lowest BCUT2D eigenvalue weighted by Gasteiger charge is -2.39. The Hall–Kier alpha value is -1.20. The highest BCUT2D eigenvalue weighted by molar-refractivity contribution is 6.08. The summed E-state index contributed by atoms with van der Waals surface area (Å²) in [6, 6.07) is 0. The number of carbonyl (C=O) groups is 2. The van der Waals surface area contributed by atoms with Crippen LogP contribution in [0.3, 0.4) is 0 Å². The summed E-state index contributed by atoms with van der Waals surface area (Å²) < 4.78 is 12.1. The van der Waals surface area contributed by atoms with Gasteiger partial charge in [-0.15, -0.1) is 0 Å². The quantitative estimate of drug-likeness (QED) is 0.750. The molecule has 2 aliphatic heterocycles. The third-order valence-electron chi connectivity index (χ3n) is 5.95. The molecule has 0 aliphatic carbocycles. The van der Waals surface area contributed by atoms with Crippen LogP contribution in [-0.2, 0) is 19.1 Å². The van der Waals surface area contributed by atoms with Crippen LogP contribution in [0.5, 0.6) is 0 Å². The molecule has 124 valence electrons. The van der Waals surface area contributed by atoms with Crippen molar-refractivity contribution in [2.45, 2.75) is 58.3 Å². The summed E-state index contributed by atoms with van der Waals surface area (Å²) in [6.07, 6.45) is 2.24. The zero-order valence-corrected chi connectivity index (χ0v) is 14.6. The second-order valence-electron chi connectivity index (χ2n) is 6.84. The first kappa shape index (κ1) is 17.2. The van der Waals surface area contributed by atoms with E-state index in [4.69, 9.17) is 9.47 Å². The van der Waals surface area contributed by atoms with Crippen LogP contribution < -0.4 is 0 Å². The molecule has 1 saturated heterocycles. The molecule has 22 heavy (non-hydrogen) atoms. The maximum absolute atomic E-state index is 12.6. The average molecular weight is 309 g/mol. The molecular formula is C17H27NO4. The number of likely N-dealkylation sites (N-methyl/N-ethyl adjacent to an activating group) is 1. The Morgan fingerprint density at radius 1 is 1.36 bits per heavy atom. The smallest absolute Gasteiger partial charge is 0.255 e. The fourth-order valence-corrected chi connectivity index (χ4v) is 3.77. The van der Waals surface area contributed by atoms with Gasteiger partial charge in [0.2, 0.25) is 5.91 Å². The van der Waals surface area contributed by atoms with Gasteiger partial charge in [-0.05, 0) is 27.2 Å². The Bertz CT molecular complexity index is 529. The molecule has 0 radical (unpaired) electrons. The van der Waals surface area contributed by atoms with Gasteiger partial charge in [0, 0.05) is 25.6 Å². The van der Waals surface area contributed by atoms with E-state index in [1.807, 2.05) is 13.8 Å². The Balaban J connectivity index is 2.42. The maximum Gasteiger partial charge on any atom is 0.255 e. The number of carbonyl (C=O) groups excluding carboxylic acids is 2. The number of hydrogen-bond acceptors (Lipinski definition) is 4. The van der Waals surface area contributed by atoms with Crippen LogP contribution in [0.4, 0.5) is 0 Å². The number of rotatable bonds is 3. The monoisotopic (exact) mass is 309 g/mol. The fourth-order valence-electron chi connectivity index (χ4n) is 3.77. The lowest BCUT2D eigenvalue weighted by molar-refractivity contribution is -0.153. The van der Waals surface area contributed by atoms with Gasteiger partial charge >= 0.3 is 0 Å². The normalized spacial score (nSPS) is 42.8. The highest BCUT2D eigenvalue weighted by atomic mass is 16.6. The summed E-state index contributed by atoms with van der Waals surface area (Å²) in [6.45, 7) is 9.94. The van der Waals surface area contributed by atoms with Crippen LogP contribution in [-0.4, -0.2) is 48.2 Å². The number of methoxy groups -OCH3 is 1. The molecule has 0 spiro atoms. The zero-order valence-electron chi connectivity index (χ0n) is 14.6. The Morgan fingerprint density at radius 3 is 2.41 bits per heavy atom. The Morgan fingerprint density at radius 2 is 1.95 bits per heavy atom. The standard InChI is InChI=1S/C17H27NO4/c1-8-16(4)17(5,21-7)11(3)13(22-16)12-9-10(2)14(19)18(6)15(12)20/h9,11-13H,8H2,1-7H3/t11?,12?,13-,16-,17+/m1/s1. The SMILES string of the molecule is CC[C@@]1(C)O[C@@H](C2C=C(C)C(=O)N(C)C2=O)C(C)[C@]1(C)OC. The molecule has 0 aromatic carbocycles. The fraction of sp³-hybridized carbons (Fsp3) is 0.765. The van der Waals surface area contributed by atoms with Crippen molar-refractivity contribution < 1.29 is 19.1 Å². The van der Waals surface area contributed by atoms with Gasteiger partial charge in [-0.3, -0.25) is 14.5 Å². The maximum atomic E-state index is 12.6. The molecule has 5 nitrogen and oxygen atoms in total. The minimum atomic E-state index is -0.478. The van der Waals surface area contributed by atoms with Crippen molar-refractivity contribution in [1.29, 1.82) is 0 Å². The van der Waals surface area contributed by atoms with Gasteiger partial charge in [0.15, 0.2) is 0 Å². The molecule has 0 N–H and O–H groups in total. The van der Waals surface area contributed by atoms with E-state index >= 15 is 0 Å². The molecule has 0 aromatic rings. The first-order valence-corrected chi connectivity index (χ1v) is 7.86. The molecule has 0 bridgehead atoms. The van der Waals surface area contributed by atoms with E-state index in [2.05, 4.69) is 13.8 Å². The van der Waals surface area contributed by atoms with E-state index in [-0.39, 0.29) is 23.8 Å². The molecule has 2 unspecified atom stereocenters. The highest BCUT2D eigenvalue weighted by Gasteiger charge is 2.61. The van der Waals surface area contributed by atoms with E-state index in [9.17, 15) is 9.59 Å². The molecule has 0 saturated carbocycles. The summed E-state index contributed by atoms with van der Waals surface area (Å²) >= 11 is 0. The van der Waals surface area contributed by atoms with Crippen molar-refractivity contribution in [2.24, 2.45) is 11.8 Å². The minimum absolute atomic E-state index is 0.0297. The third kappa shape index (κ3) is 2.14. The van der Waals surface area contributed by atoms with E-state index in [1.54, 1.807) is 20.1 Å². The van der Waals surface area contributed by atoms with Gasteiger partial charge in [-0.25, -0.2) is 0 Å². The van der Waals surface area contributed by atoms with E-state index in [0.29, 0.717) is 5.57 Å². The largest absolute Gasteiger partial charge is 0.375 e. The van der Waals surface area contributed by atoms with Crippen LogP contribution in [0, 0.1) is 11.8 Å². The lowest BCUT2D eigenvalue weighted by atomic mass is 9.74. The van der Waals surface area contributed by atoms with Crippen molar-refractivity contribution in [3.05, 3.63) is 11.6 Å². The molecule has 2 aliphatic rings. The first-order chi connectivity index (χ1) is 10.1. The predicted octanol–water partition coefficient (Wildman–Crippen LogP) is 2.16. The van der Waals surface area contributed by atoms with Crippen LogP contribution >= 0.6 is 0 Å². The Kier molecular flexibility index (Phi) is 4.26. The number of amides is 2. The minimum Gasteiger partial charge on any atom is -0.375 e. The number of ether oxygens (including phenoxy) is 2. The van der Waals surface area contributed by atoms with Crippen molar-refractivity contribution >= 4 is 11.8 Å². The summed E-state index contributed by atoms with van der Waals surface area (Å²) in [5.41, 5.74) is -0.352. The van der Waals surface area contributed by atoms with Gasteiger partial charge in [0.05, 0.1) is 23.2 Å². The van der Waals surface area contributed by atoms with Gasteiger partial charge in [0.25, 0.3) is 5.91 Å². The predicted molar refractivity (Wildman–Crippen MR) is 83.2 cm³/mol. The van der Waals surface area contributed by atoms with Crippen molar-refractivity contribution in [2.75, 3.05) is 14.2 Å². The van der Waals surface area contributed by atoms with Crippen molar-refractivity contribution in [1.82, 2.24) is 4.90 Å². The third-order valence-corrected chi connectivity index (χ3v) is 5.95. The van der Waals surface area contributed by atoms with E-state index in [0.717, 1.165) is 6.42 Å². The number of hydrogen-bond donors (Lipinski definition) is 0. The Labute approximate surface area is 132 Å². The van der Waals surface area contributed by atoms with Crippen LogP contribution in [0.2, 0.25) is 0 Å². The summed E-state index contributed by atoms with van der Waals surface area (Å²) in [4.78, 5) is 25.7. The van der Waals surface area contributed by atoms with Gasteiger partial charge < -0.3 is 9.47 Å². The topological polar surface area (TPSA) is 55.8 Å². The summed E-state index contributed by atoms with van der Waals surface area (Å²) in [5.74, 6) is -0.853. The second kappa shape index (κ2) is 5.46.